The van der Waals surface area contributed by atoms with Crippen LogP contribution in [0.25, 0.3) is 11.2 Å². The normalized spacial score (nSPS) is 14.6. The number of carbonyl (C=O) groups is 2. The molecule has 1 aromatic carbocycles. The van der Waals surface area contributed by atoms with E-state index in [0.717, 1.165) is 26.1 Å². The van der Waals surface area contributed by atoms with E-state index >= 15 is 0 Å². The fraction of sp³-hybridized carbons (Fsp3) is 0.364. The topological polar surface area (TPSA) is 114 Å². The summed E-state index contributed by atoms with van der Waals surface area (Å²) in [6.07, 6.45) is 1.26. The van der Waals surface area contributed by atoms with Crippen molar-refractivity contribution in [2.75, 3.05) is 38.0 Å². The van der Waals surface area contributed by atoms with Crippen molar-refractivity contribution in [2.24, 2.45) is 0 Å². The molecule has 0 aliphatic carbocycles. The van der Waals surface area contributed by atoms with E-state index in [2.05, 4.69) is 49.4 Å². The van der Waals surface area contributed by atoms with Crippen molar-refractivity contribution >= 4 is 28.8 Å². The molecule has 4 rings (SSSR count). The number of rotatable bonds is 7. The van der Waals surface area contributed by atoms with Crippen LogP contribution in [0.1, 0.15) is 18.4 Å². The number of carbonyl (C=O) groups excluding carboxylic acids is 2. The first-order valence-corrected chi connectivity index (χ1v) is 10.5. The molecular weight excluding hydrogens is 396 g/mol. The molecule has 0 bridgehead atoms. The van der Waals surface area contributed by atoms with Gasteiger partial charge in [0.2, 0.25) is 11.8 Å². The van der Waals surface area contributed by atoms with E-state index in [0.29, 0.717) is 30.1 Å². The summed E-state index contributed by atoms with van der Waals surface area (Å²) in [4.78, 5) is 49.5. The Morgan fingerprint density at radius 1 is 0.968 bits per heavy atom. The van der Waals surface area contributed by atoms with Gasteiger partial charge in [0.15, 0.2) is 5.65 Å². The zero-order chi connectivity index (χ0) is 21.6. The summed E-state index contributed by atoms with van der Waals surface area (Å²) in [5.41, 5.74) is 1.92. The molecule has 0 unspecified atom stereocenters. The van der Waals surface area contributed by atoms with Gasteiger partial charge >= 0.3 is 5.69 Å². The van der Waals surface area contributed by atoms with Crippen LogP contribution >= 0.6 is 0 Å². The predicted octanol–water partition coefficient (Wildman–Crippen LogP) is 1.36. The first kappa shape index (κ1) is 20.8. The van der Waals surface area contributed by atoms with Crippen LogP contribution in [0, 0.1) is 0 Å². The molecule has 0 radical (unpaired) electrons. The molecule has 0 saturated carbocycles. The van der Waals surface area contributed by atoms with E-state index in [1.807, 2.05) is 11.0 Å². The van der Waals surface area contributed by atoms with Gasteiger partial charge in [0.05, 0.1) is 5.52 Å². The number of aromatic nitrogens is 3. The van der Waals surface area contributed by atoms with Gasteiger partial charge in [-0.1, -0.05) is 30.3 Å². The lowest BCUT2D eigenvalue weighted by Crippen LogP contribution is -2.49. The average Bonchev–Trinajstić information content (AvgIpc) is 3.16. The maximum atomic E-state index is 12.5. The number of hydrogen-bond donors (Lipinski definition) is 3. The van der Waals surface area contributed by atoms with Crippen LogP contribution in [0.2, 0.25) is 0 Å². The van der Waals surface area contributed by atoms with Gasteiger partial charge in [0.25, 0.3) is 0 Å². The molecule has 1 fully saturated rings. The van der Waals surface area contributed by atoms with E-state index in [4.69, 9.17) is 0 Å². The number of H-pyrrole nitrogens is 2. The highest BCUT2D eigenvalue weighted by atomic mass is 16.2. The Morgan fingerprint density at radius 3 is 2.52 bits per heavy atom. The maximum absolute atomic E-state index is 12.5. The van der Waals surface area contributed by atoms with Crippen LogP contribution in [-0.2, 0) is 16.0 Å². The number of aromatic amines is 2. The number of anilines is 1. The molecule has 31 heavy (non-hydrogen) atoms. The number of fused-ring (bicyclic) bond motifs is 1. The van der Waals surface area contributed by atoms with Crippen molar-refractivity contribution in [3.8, 4) is 0 Å². The van der Waals surface area contributed by atoms with Crippen molar-refractivity contribution in [1.29, 1.82) is 0 Å². The van der Waals surface area contributed by atoms with Crippen LogP contribution in [0.5, 0.6) is 0 Å². The summed E-state index contributed by atoms with van der Waals surface area (Å²) >= 11 is 0. The standard InChI is InChI=1S/C22H26N6O3/c29-19(24-18-7-6-17-21(25-18)26-22(31)23-17)8-9-20(30)28-14-12-27(13-15-28)11-10-16-4-2-1-3-5-16/h1-7H,8-15H2,(H3,23,24,25,26,29,31). The number of pyridine rings is 1. The molecule has 162 valence electrons. The van der Waals surface area contributed by atoms with Crippen molar-refractivity contribution in [3.63, 3.8) is 0 Å². The van der Waals surface area contributed by atoms with Crippen molar-refractivity contribution in [3.05, 3.63) is 58.5 Å². The molecule has 1 aliphatic rings. The summed E-state index contributed by atoms with van der Waals surface area (Å²) in [5.74, 6) is 0.0584. The Labute approximate surface area is 179 Å². The van der Waals surface area contributed by atoms with Crippen LogP contribution < -0.4 is 11.0 Å². The zero-order valence-corrected chi connectivity index (χ0v) is 17.3. The van der Waals surface area contributed by atoms with Crippen LogP contribution in [-0.4, -0.2) is 69.3 Å². The molecule has 3 aromatic rings. The van der Waals surface area contributed by atoms with Gasteiger partial charge in [-0.3, -0.25) is 19.5 Å². The lowest BCUT2D eigenvalue weighted by molar-refractivity contribution is -0.134. The van der Waals surface area contributed by atoms with Crippen molar-refractivity contribution in [2.45, 2.75) is 19.3 Å². The fourth-order valence-electron chi connectivity index (χ4n) is 3.72. The second-order valence-corrected chi connectivity index (χ2v) is 7.68. The number of benzene rings is 1. The number of nitrogens with zero attached hydrogens (tertiary/aromatic N) is 3. The number of amides is 2. The Kier molecular flexibility index (Phi) is 6.42. The molecular formula is C22H26N6O3. The third-order valence-electron chi connectivity index (χ3n) is 5.49. The summed E-state index contributed by atoms with van der Waals surface area (Å²) < 4.78 is 0. The Balaban J connectivity index is 1.18. The first-order valence-electron chi connectivity index (χ1n) is 10.5. The third-order valence-corrected chi connectivity index (χ3v) is 5.49. The van der Waals surface area contributed by atoms with Gasteiger partial charge in [-0.2, -0.15) is 0 Å². The molecule has 2 aromatic heterocycles. The molecule has 0 spiro atoms. The minimum absolute atomic E-state index is 0.00349. The van der Waals surface area contributed by atoms with Crippen LogP contribution in [0.15, 0.2) is 47.3 Å². The van der Waals surface area contributed by atoms with Crippen molar-refractivity contribution < 1.29 is 9.59 Å². The average molecular weight is 422 g/mol. The molecule has 1 aliphatic heterocycles. The zero-order valence-electron chi connectivity index (χ0n) is 17.3. The van der Waals surface area contributed by atoms with E-state index in [-0.39, 0.29) is 30.3 Å². The highest BCUT2D eigenvalue weighted by molar-refractivity contribution is 5.93. The molecule has 3 N–H and O–H groups in total. The second kappa shape index (κ2) is 9.57. The highest BCUT2D eigenvalue weighted by Crippen LogP contribution is 2.11. The predicted molar refractivity (Wildman–Crippen MR) is 118 cm³/mol. The highest BCUT2D eigenvalue weighted by Gasteiger charge is 2.21. The molecule has 9 heteroatoms. The van der Waals surface area contributed by atoms with E-state index < -0.39 is 0 Å². The smallest absolute Gasteiger partial charge is 0.325 e. The molecule has 1 saturated heterocycles. The number of hydrogen-bond acceptors (Lipinski definition) is 5. The Hall–Kier alpha value is -3.46. The number of nitrogens with one attached hydrogen (secondary N) is 3. The van der Waals surface area contributed by atoms with E-state index in [1.54, 1.807) is 12.1 Å². The van der Waals surface area contributed by atoms with Gasteiger partial charge in [-0.25, -0.2) is 9.78 Å². The lowest BCUT2D eigenvalue weighted by Gasteiger charge is -2.34. The molecule has 9 nitrogen and oxygen atoms in total. The monoisotopic (exact) mass is 422 g/mol. The molecule has 2 amide bonds. The summed E-state index contributed by atoms with van der Waals surface area (Å²) in [6, 6.07) is 13.7. The second-order valence-electron chi connectivity index (χ2n) is 7.68. The molecule has 3 heterocycles. The van der Waals surface area contributed by atoms with Crippen LogP contribution in [0.4, 0.5) is 5.82 Å². The lowest BCUT2D eigenvalue weighted by atomic mass is 10.1. The van der Waals surface area contributed by atoms with Crippen LogP contribution in [0.3, 0.4) is 0 Å². The van der Waals surface area contributed by atoms with E-state index in [1.165, 1.54) is 5.56 Å². The van der Waals surface area contributed by atoms with Gasteiger partial charge < -0.3 is 15.2 Å². The largest absolute Gasteiger partial charge is 0.340 e. The number of imidazole rings is 1. The van der Waals surface area contributed by atoms with Gasteiger partial charge in [0, 0.05) is 45.6 Å². The minimum atomic E-state index is -0.350. The van der Waals surface area contributed by atoms with E-state index in [9.17, 15) is 14.4 Å². The third kappa shape index (κ3) is 5.58. The fourth-order valence-corrected chi connectivity index (χ4v) is 3.72. The van der Waals surface area contributed by atoms with Crippen molar-refractivity contribution in [1.82, 2.24) is 24.8 Å². The summed E-state index contributed by atoms with van der Waals surface area (Å²) in [6.45, 7) is 4.06. The SMILES string of the molecule is O=C(CCC(=O)N1CCN(CCc2ccccc2)CC1)Nc1ccc2[nH]c(=O)[nH]c2n1. The van der Waals surface area contributed by atoms with Gasteiger partial charge in [0.1, 0.15) is 5.82 Å². The first-order chi connectivity index (χ1) is 15.1. The minimum Gasteiger partial charge on any atom is -0.340 e. The van der Waals surface area contributed by atoms with Gasteiger partial charge in [-0.15, -0.1) is 0 Å². The van der Waals surface area contributed by atoms with Gasteiger partial charge in [-0.05, 0) is 24.1 Å². The maximum Gasteiger partial charge on any atom is 0.325 e. The quantitative estimate of drug-likeness (QED) is 0.532. The Bertz CT molecular complexity index is 1100. The summed E-state index contributed by atoms with van der Waals surface area (Å²) in [5, 5.41) is 2.68. The molecule has 0 atom stereocenters. The Morgan fingerprint density at radius 2 is 1.74 bits per heavy atom. The summed E-state index contributed by atoms with van der Waals surface area (Å²) in [7, 11) is 0. The number of piperazine rings is 1.